The van der Waals surface area contributed by atoms with Gasteiger partial charge in [0.1, 0.15) is 0 Å². The standard InChI is InChI=1S/C11H11NO/c1-2-11(12)8-3-4-9-6-13-7-10(9)5-8/h1,3-5,11H,6-7,12H2. The van der Waals surface area contributed by atoms with E-state index in [1.165, 1.54) is 11.1 Å². The summed E-state index contributed by atoms with van der Waals surface area (Å²) in [7, 11) is 0. The Morgan fingerprint density at radius 1 is 1.38 bits per heavy atom. The van der Waals surface area contributed by atoms with E-state index in [-0.39, 0.29) is 6.04 Å². The molecule has 1 unspecified atom stereocenters. The minimum atomic E-state index is -0.300. The van der Waals surface area contributed by atoms with Gasteiger partial charge in [-0.15, -0.1) is 6.42 Å². The minimum absolute atomic E-state index is 0.300. The van der Waals surface area contributed by atoms with Crippen LogP contribution in [0.4, 0.5) is 0 Å². The highest BCUT2D eigenvalue weighted by molar-refractivity contribution is 5.36. The van der Waals surface area contributed by atoms with Crippen molar-refractivity contribution in [2.45, 2.75) is 19.3 Å². The topological polar surface area (TPSA) is 35.2 Å². The summed E-state index contributed by atoms with van der Waals surface area (Å²) in [4.78, 5) is 0. The first-order valence-corrected chi connectivity index (χ1v) is 4.22. The Balaban J connectivity index is 2.37. The Bertz CT molecular complexity index is 365. The number of hydrogen-bond donors (Lipinski definition) is 1. The van der Waals surface area contributed by atoms with Crippen LogP contribution in [0.25, 0.3) is 0 Å². The summed E-state index contributed by atoms with van der Waals surface area (Å²) in [5.74, 6) is 2.51. The van der Waals surface area contributed by atoms with E-state index in [4.69, 9.17) is 16.9 Å². The van der Waals surface area contributed by atoms with Crippen molar-refractivity contribution < 1.29 is 4.74 Å². The van der Waals surface area contributed by atoms with Crippen molar-refractivity contribution in [3.05, 3.63) is 34.9 Å². The number of ether oxygens (including phenoxy) is 1. The van der Waals surface area contributed by atoms with E-state index in [1.54, 1.807) is 0 Å². The van der Waals surface area contributed by atoms with Gasteiger partial charge < -0.3 is 10.5 Å². The quantitative estimate of drug-likeness (QED) is 0.650. The maximum Gasteiger partial charge on any atom is 0.0918 e. The highest BCUT2D eigenvalue weighted by atomic mass is 16.5. The van der Waals surface area contributed by atoms with E-state index in [0.29, 0.717) is 13.2 Å². The first-order valence-electron chi connectivity index (χ1n) is 4.22. The molecular formula is C11H11NO. The molecule has 0 spiro atoms. The lowest BCUT2D eigenvalue weighted by Gasteiger charge is -2.05. The predicted molar refractivity (Wildman–Crippen MR) is 50.7 cm³/mol. The molecule has 0 aromatic heterocycles. The zero-order valence-electron chi connectivity index (χ0n) is 7.29. The molecule has 1 aromatic carbocycles. The fourth-order valence-electron chi connectivity index (χ4n) is 1.48. The summed E-state index contributed by atoms with van der Waals surface area (Å²) < 4.78 is 5.29. The Labute approximate surface area is 77.7 Å². The Kier molecular flexibility index (Phi) is 2.05. The number of fused-ring (bicyclic) bond motifs is 1. The molecule has 0 aliphatic carbocycles. The van der Waals surface area contributed by atoms with Crippen molar-refractivity contribution in [1.29, 1.82) is 0 Å². The van der Waals surface area contributed by atoms with Crippen LogP contribution in [0.2, 0.25) is 0 Å². The van der Waals surface area contributed by atoms with Gasteiger partial charge in [-0.3, -0.25) is 0 Å². The van der Waals surface area contributed by atoms with Crippen LogP contribution in [0.3, 0.4) is 0 Å². The number of terminal acetylenes is 1. The lowest BCUT2D eigenvalue weighted by Crippen LogP contribution is -2.07. The van der Waals surface area contributed by atoms with Gasteiger partial charge in [0.05, 0.1) is 19.3 Å². The lowest BCUT2D eigenvalue weighted by molar-refractivity contribution is 0.134. The highest BCUT2D eigenvalue weighted by Crippen LogP contribution is 2.22. The van der Waals surface area contributed by atoms with Crippen LogP contribution >= 0.6 is 0 Å². The Morgan fingerprint density at radius 3 is 2.92 bits per heavy atom. The smallest absolute Gasteiger partial charge is 0.0918 e. The number of rotatable bonds is 1. The fourth-order valence-corrected chi connectivity index (χ4v) is 1.48. The van der Waals surface area contributed by atoms with Crippen LogP contribution in [0.1, 0.15) is 22.7 Å². The molecule has 0 fully saturated rings. The van der Waals surface area contributed by atoms with Crippen LogP contribution in [0.5, 0.6) is 0 Å². The van der Waals surface area contributed by atoms with Gasteiger partial charge in [-0.2, -0.15) is 0 Å². The van der Waals surface area contributed by atoms with Gasteiger partial charge in [0, 0.05) is 0 Å². The average molecular weight is 173 g/mol. The summed E-state index contributed by atoms with van der Waals surface area (Å²) in [6.07, 6.45) is 5.24. The lowest BCUT2D eigenvalue weighted by atomic mass is 10.0. The Hall–Kier alpha value is -1.30. The van der Waals surface area contributed by atoms with Crippen LogP contribution in [0, 0.1) is 12.3 Å². The summed E-state index contributed by atoms with van der Waals surface area (Å²) in [5.41, 5.74) is 9.16. The zero-order chi connectivity index (χ0) is 9.26. The molecule has 1 heterocycles. The second-order valence-electron chi connectivity index (χ2n) is 3.17. The van der Waals surface area contributed by atoms with E-state index >= 15 is 0 Å². The first kappa shape index (κ1) is 8.31. The van der Waals surface area contributed by atoms with Gasteiger partial charge in [0.2, 0.25) is 0 Å². The van der Waals surface area contributed by atoms with Gasteiger partial charge in [-0.05, 0) is 16.7 Å². The molecule has 2 N–H and O–H groups in total. The van der Waals surface area contributed by atoms with Crippen molar-refractivity contribution in [1.82, 2.24) is 0 Å². The van der Waals surface area contributed by atoms with Crippen molar-refractivity contribution in [3.63, 3.8) is 0 Å². The largest absolute Gasteiger partial charge is 0.372 e. The molecule has 0 saturated carbocycles. The molecule has 66 valence electrons. The van der Waals surface area contributed by atoms with Gasteiger partial charge in [-0.1, -0.05) is 24.1 Å². The normalized spacial score (nSPS) is 16.3. The highest BCUT2D eigenvalue weighted by Gasteiger charge is 2.12. The van der Waals surface area contributed by atoms with Crippen molar-refractivity contribution in [2.24, 2.45) is 5.73 Å². The van der Waals surface area contributed by atoms with E-state index in [1.807, 2.05) is 18.2 Å². The zero-order valence-corrected chi connectivity index (χ0v) is 7.29. The second-order valence-corrected chi connectivity index (χ2v) is 3.17. The number of hydrogen-bond acceptors (Lipinski definition) is 2. The predicted octanol–water partition coefficient (Wildman–Crippen LogP) is 1.35. The third-order valence-electron chi connectivity index (χ3n) is 2.28. The van der Waals surface area contributed by atoms with Gasteiger partial charge in [0.25, 0.3) is 0 Å². The van der Waals surface area contributed by atoms with Crippen molar-refractivity contribution in [3.8, 4) is 12.3 Å². The molecule has 1 aliphatic heterocycles. The monoisotopic (exact) mass is 173 g/mol. The van der Waals surface area contributed by atoms with Crippen LogP contribution in [-0.4, -0.2) is 0 Å². The van der Waals surface area contributed by atoms with E-state index in [0.717, 1.165) is 5.56 Å². The van der Waals surface area contributed by atoms with Gasteiger partial charge >= 0.3 is 0 Å². The van der Waals surface area contributed by atoms with Crippen LogP contribution < -0.4 is 5.73 Å². The maximum absolute atomic E-state index is 5.71. The van der Waals surface area contributed by atoms with Crippen molar-refractivity contribution >= 4 is 0 Å². The molecule has 2 heteroatoms. The molecule has 1 atom stereocenters. The van der Waals surface area contributed by atoms with Gasteiger partial charge in [0.15, 0.2) is 0 Å². The molecule has 2 rings (SSSR count). The molecule has 0 saturated heterocycles. The molecule has 1 aromatic rings. The van der Waals surface area contributed by atoms with Gasteiger partial charge in [-0.25, -0.2) is 0 Å². The summed E-state index contributed by atoms with van der Waals surface area (Å²) >= 11 is 0. The summed E-state index contributed by atoms with van der Waals surface area (Å²) in [6.45, 7) is 1.39. The molecule has 1 aliphatic rings. The second kappa shape index (κ2) is 3.21. The molecule has 0 bridgehead atoms. The molecule has 2 nitrogen and oxygen atoms in total. The maximum atomic E-state index is 5.71. The van der Waals surface area contributed by atoms with E-state index < -0.39 is 0 Å². The fraction of sp³-hybridized carbons (Fsp3) is 0.273. The third kappa shape index (κ3) is 1.44. The van der Waals surface area contributed by atoms with Crippen molar-refractivity contribution in [2.75, 3.05) is 0 Å². The minimum Gasteiger partial charge on any atom is -0.372 e. The average Bonchev–Trinajstić information content (AvgIpc) is 2.63. The van der Waals surface area contributed by atoms with E-state index in [9.17, 15) is 0 Å². The molecule has 0 amide bonds. The number of nitrogens with two attached hydrogens (primary N) is 1. The number of benzene rings is 1. The first-order chi connectivity index (χ1) is 6.31. The van der Waals surface area contributed by atoms with Crippen LogP contribution in [0.15, 0.2) is 18.2 Å². The molecular weight excluding hydrogens is 162 g/mol. The summed E-state index contributed by atoms with van der Waals surface area (Å²) in [6, 6.07) is 5.74. The molecule has 13 heavy (non-hydrogen) atoms. The summed E-state index contributed by atoms with van der Waals surface area (Å²) in [5, 5.41) is 0. The SMILES string of the molecule is C#CC(N)c1ccc2c(c1)COC2. The van der Waals surface area contributed by atoms with E-state index in [2.05, 4.69) is 5.92 Å². The third-order valence-corrected chi connectivity index (χ3v) is 2.28. The van der Waals surface area contributed by atoms with Crippen LogP contribution in [-0.2, 0) is 18.0 Å². The Morgan fingerprint density at radius 2 is 2.15 bits per heavy atom. The molecule has 0 radical (unpaired) electrons.